The van der Waals surface area contributed by atoms with Crippen LogP contribution in [0.5, 0.6) is 5.88 Å². The smallest absolute Gasteiger partial charge is 0.416 e. The second-order valence-corrected chi connectivity index (χ2v) is 11.6. The van der Waals surface area contributed by atoms with E-state index in [9.17, 15) is 14.4 Å². The van der Waals surface area contributed by atoms with E-state index in [4.69, 9.17) is 16.3 Å². The van der Waals surface area contributed by atoms with Gasteiger partial charge in [-0.1, -0.05) is 38.0 Å². The SMILES string of the molecule is [C-]#[N+]c1c(CC2C(C)CC(C)CC2C)c2nc(-c3cc(C)cc(C)c3)[nH]n2c1OC(=O)N(CC(=O)OC)CC(=O)OC. The van der Waals surface area contributed by atoms with Crippen LogP contribution in [-0.2, 0) is 25.5 Å². The fraction of sp³-hybridized carbons (Fsp3) is 0.516. The number of aromatic nitrogens is 3. The fourth-order valence-corrected chi connectivity index (χ4v) is 6.35. The number of amides is 1. The molecule has 0 radical (unpaired) electrons. The summed E-state index contributed by atoms with van der Waals surface area (Å²) in [6.45, 7) is 17.8. The van der Waals surface area contributed by atoms with Gasteiger partial charge in [-0.05, 0) is 68.9 Å². The minimum absolute atomic E-state index is 0.0488. The molecular weight excluding hydrogens is 538 g/mol. The molecule has 4 rings (SSSR count). The summed E-state index contributed by atoms with van der Waals surface area (Å²) in [7, 11) is 2.36. The van der Waals surface area contributed by atoms with Crippen LogP contribution in [0.4, 0.5) is 10.5 Å². The van der Waals surface area contributed by atoms with Crippen LogP contribution in [0, 0.1) is 44.1 Å². The number of nitrogens with one attached hydrogen (secondary N) is 1. The van der Waals surface area contributed by atoms with Crippen molar-refractivity contribution in [1.29, 1.82) is 0 Å². The van der Waals surface area contributed by atoms with Gasteiger partial charge in [0.2, 0.25) is 5.88 Å². The summed E-state index contributed by atoms with van der Waals surface area (Å²) in [4.78, 5) is 47.0. The molecule has 1 amide bonds. The summed E-state index contributed by atoms with van der Waals surface area (Å²) in [5.41, 5.74) is 4.37. The Morgan fingerprint density at radius 2 is 1.60 bits per heavy atom. The third-order valence-electron chi connectivity index (χ3n) is 8.20. The first kappa shape index (κ1) is 30.6. The lowest BCUT2D eigenvalue weighted by atomic mass is 9.67. The summed E-state index contributed by atoms with van der Waals surface area (Å²) < 4.78 is 16.7. The molecule has 0 spiro atoms. The molecule has 2 atom stereocenters. The van der Waals surface area contributed by atoms with Gasteiger partial charge in [0.15, 0.2) is 5.82 Å². The van der Waals surface area contributed by atoms with E-state index in [2.05, 4.69) is 46.3 Å². The van der Waals surface area contributed by atoms with Gasteiger partial charge in [0.25, 0.3) is 5.69 Å². The van der Waals surface area contributed by atoms with Gasteiger partial charge in [-0.2, -0.15) is 0 Å². The van der Waals surface area contributed by atoms with Crippen molar-refractivity contribution in [3.05, 3.63) is 46.3 Å². The van der Waals surface area contributed by atoms with Crippen LogP contribution in [0.1, 0.15) is 50.3 Å². The summed E-state index contributed by atoms with van der Waals surface area (Å²) in [6, 6.07) is 6.08. The molecule has 224 valence electrons. The summed E-state index contributed by atoms with van der Waals surface area (Å²) in [5.74, 6) is 0.861. The average molecular weight is 578 g/mol. The van der Waals surface area contributed by atoms with Gasteiger partial charge in [0.05, 0.1) is 20.8 Å². The first-order chi connectivity index (χ1) is 19.9. The number of nitrogens with zero attached hydrogens (tertiary/aromatic N) is 4. The number of hydrogen-bond acceptors (Lipinski definition) is 7. The van der Waals surface area contributed by atoms with Crippen LogP contribution in [0.15, 0.2) is 18.2 Å². The van der Waals surface area contributed by atoms with Crippen molar-refractivity contribution >= 4 is 29.4 Å². The van der Waals surface area contributed by atoms with E-state index >= 15 is 0 Å². The molecule has 3 aromatic rings. The number of aryl methyl sites for hydroxylation is 2. The highest BCUT2D eigenvalue weighted by molar-refractivity contribution is 5.85. The van der Waals surface area contributed by atoms with Crippen LogP contribution in [-0.4, -0.2) is 64.8 Å². The number of benzene rings is 1. The monoisotopic (exact) mass is 577 g/mol. The zero-order valence-corrected chi connectivity index (χ0v) is 25.3. The van der Waals surface area contributed by atoms with E-state index in [0.717, 1.165) is 34.4 Å². The molecule has 0 bridgehead atoms. The largest absolute Gasteiger partial charge is 0.468 e. The first-order valence-electron chi connectivity index (χ1n) is 14.1. The fourth-order valence-electron chi connectivity index (χ4n) is 6.35. The zero-order chi connectivity index (χ0) is 30.7. The number of ether oxygens (including phenoxy) is 3. The maximum Gasteiger partial charge on any atom is 0.416 e. The Bertz CT molecular complexity index is 1480. The highest BCUT2D eigenvalue weighted by Crippen LogP contribution is 2.45. The van der Waals surface area contributed by atoms with E-state index in [1.165, 1.54) is 18.7 Å². The second-order valence-electron chi connectivity index (χ2n) is 11.6. The topological polar surface area (TPSA) is 120 Å². The Kier molecular flexibility index (Phi) is 9.24. The lowest BCUT2D eigenvalue weighted by Gasteiger charge is -2.38. The van der Waals surface area contributed by atoms with Crippen molar-refractivity contribution < 1.29 is 28.6 Å². The lowest BCUT2D eigenvalue weighted by molar-refractivity contribution is -0.144. The third kappa shape index (κ3) is 6.43. The molecule has 2 heterocycles. The molecule has 11 nitrogen and oxygen atoms in total. The third-order valence-corrected chi connectivity index (χ3v) is 8.20. The van der Waals surface area contributed by atoms with Crippen LogP contribution in [0.2, 0.25) is 0 Å². The minimum atomic E-state index is -1.00. The van der Waals surface area contributed by atoms with Gasteiger partial charge in [0, 0.05) is 11.1 Å². The van der Waals surface area contributed by atoms with E-state index in [0.29, 0.717) is 47.1 Å². The molecule has 2 unspecified atom stereocenters. The Morgan fingerprint density at radius 1 is 1.02 bits per heavy atom. The van der Waals surface area contributed by atoms with E-state index in [1.807, 2.05) is 26.0 Å². The molecule has 1 aromatic carbocycles. The molecule has 1 aliphatic carbocycles. The summed E-state index contributed by atoms with van der Waals surface area (Å²) in [5, 5.41) is 3.23. The van der Waals surface area contributed by atoms with E-state index in [-0.39, 0.29) is 11.6 Å². The highest BCUT2D eigenvalue weighted by Gasteiger charge is 2.35. The van der Waals surface area contributed by atoms with E-state index in [1.54, 1.807) is 0 Å². The molecule has 1 N–H and O–H groups in total. The Hall–Kier alpha value is -4.33. The molecule has 2 aromatic heterocycles. The van der Waals surface area contributed by atoms with Gasteiger partial charge in [-0.3, -0.25) is 19.6 Å². The molecule has 0 aliphatic heterocycles. The van der Waals surface area contributed by atoms with Crippen molar-refractivity contribution in [2.75, 3.05) is 27.3 Å². The number of H-pyrrole nitrogens is 1. The standard InChI is InChI=1S/C31H39N5O6/c1-17-9-18(2)13-22(12-17)28-33-29-24(14-23-20(4)10-19(3)11-21(23)5)27(32-6)30(36(29)34-28)42-31(39)35(15-25(37)40-7)16-26(38)41-8/h9,12-13,19-21,23H,10-11,14-16H2,1-5,7-8H3,(H,33,34). The van der Waals surface area contributed by atoms with Gasteiger partial charge in [-0.15, -0.1) is 0 Å². The van der Waals surface area contributed by atoms with Crippen LogP contribution in [0.3, 0.4) is 0 Å². The van der Waals surface area contributed by atoms with Crippen molar-refractivity contribution in [1.82, 2.24) is 19.5 Å². The number of carbonyl (C=O) groups is 3. The molecule has 1 aliphatic rings. The first-order valence-corrected chi connectivity index (χ1v) is 14.1. The van der Waals surface area contributed by atoms with Gasteiger partial charge in [-0.25, -0.2) is 19.1 Å². The van der Waals surface area contributed by atoms with Crippen molar-refractivity contribution in [3.8, 4) is 17.3 Å². The number of fused-ring (bicyclic) bond motifs is 1. The number of carbonyl (C=O) groups excluding carboxylic acids is 3. The Morgan fingerprint density at radius 3 is 2.12 bits per heavy atom. The van der Waals surface area contributed by atoms with Crippen molar-refractivity contribution in [3.63, 3.8) is 0 Å². The maximum atomic E-state index is 13.4. The molecule has 42 heavy (non-hydrogen) atoms. The molecule has 11 heteroatoms. The molecule has 1 saturated carbocycles. The van der Waals surface area contributed by atoms with Gasteiger partial charge < -0.3 is 14.2 Å². The van der Waals surface area contributed by atoms with Gasteiger partial charge in [0.1, 0.15) is 18.7 Å². The van der Waals surface area contributed by atoms with E-state index < -0.39 is 31.1 Å². The number of rotatable bonds is 8. The molecule has 1 fully saturated rings. The molecule has 0 saturated heterocycles. The molecular formula is C31H39N5O6. The maximum absolute atomic E-state index is 13.4. The van der Waals surface area contributed by atoms with Crippen molar-refractivity contribution in [2.45, 2.75) is 53.9 Å². The van der Waals surface area contributed by atoms with Crippen LogP contribution < -0.4 is 4.74 Å². The summed E-state index contributed by atoms with van der Waals surface area (Å²) >= 11 is 0. The number of methoxy groups -OCH3 is 2. The van der Waals surface area contributed by atoms with Crippen LogP contribution >= 0.6 is 0 Å². The quantitative estimate of drug-likeness (QED) is 0.277. The lowest BCUT2D eigenvalue weighted by Crippen LogP contribution is -2.41. The van der Waals surface area contributed by atoms with Crippen LogP contribution in [0.25, 0.3) is 21.9 Å². The normalized spacial score (nSPS) is 20.1. The van der Waals surface area contributed by atoms with Gasteiger partial charge >= 0.3 is 18.0 Å². The average Bonchev–Trinajstić information content (AvgIpc) is 3.47. The Labute approximate surface area is 245 Å². The second kappa shape index (κ2) is 12.7. The zero-order valence-electron chi connectivity index (χ0n) is 25.3. The van der Waals surface area contributed by atoms with Crippen molar-refractivity contribution in [2.24, 2.45) is 23.7 Å². The Balaban J connectivity index is 1.82. The predicted octanol–water partition coefficient (Wildman–Crippen LogP) is 5.50. The number of esters is 2. The predicted molar refractivity (Wildman–Crippen MR) is 156 cm³/mol. The number of aromatic amines is 1. The minimum Gasteiger partial charge on any atom is -0.468 e. The highest BCUT2D eigenvalue weighted by atomic mass is 16.6. The summed E-state index contributed by atoms with van der Waals surface area (Å²) in [6.07, 6.45) is 1.80. The number of hydrogen-bond donors (Lipinski definition) is 1.